The highest BCUT2D eigenvalue weighted by atomic mass is 79.9. The zero-order valence-electron chi connectivity index (χ0n) is 9.15. The normalized spacial score (nSPS) is 12.7. The maximum Gasteiger partial charge on any atom is 0.243 e. The van der Waals surface area contributed by atoms with E-state index in [9.17, 15) is 4.39 Å². The molecule has 0 aliphatic carbocycles. The van der Waals surface area contributed by atoms with Crippen LogP contribution in [0.2, 0.25) is 0 Å². The quantitative estimate of drug-likeness (QED) is 0.946. The first kappa shape index (κ1) is 12.2. The van der Waals surface area contributed by atoms with Gasteiger partial charge >= 0.3 is 0 Å². The third-order valence-electron chi connectivity index (χ3n) is 2.37. The molecule has 17 heavy (non-hydrogen) atoms. The second-order valence-corrected chi connectivity index (χ2v) is 4.45. The van der Waals surface area contributed by atoms with E-state index in [4.69, 9.17) is 10.3 Å². The minimum atomic E-state index is -0.352. The Kier molecular flexibility index (Phi) is 3.54. The standard InChI is InChI=1S/C11H11BrFN3O/c1-2-9(14)11-15-10(16-17-11)7-5-6(13)3-4-8(7)12/h3-5,9H,2,14H2,1H3/t9-/m1/s1. The monoisotopic (exact) mass is 299 g/mol. The van der Waals surface area contributed by atoms with Gasteiger partial charge in [0.15, 0.2) is 0 Å². The van der Waals surface area contributed by atoms with Crippen LogP contribution in [0, 0.1) is 5.82 Å². The van der Waals surface area contributed by atoms with Crippen LogP contribution >= 0.6 is 15.9 Å². The topological polar surface area (TPSA) is 64.9 Å². The Hall–Kier alpha value is -1.27. The Morgan fingerprint density at radius 1 is 1.53 bits per heavy atom. The fourth-order valence-electron chi connectivity index (χ4n) is 1.34. The summed E-state index contributed by atoms with van der Waals surface area (Å²) in [6, 6.07) is 4.01. The molecule has 0 bridgehead atoms. The van der Waals surface area contributed by atoms with Gasteiger partial charge in [-0.25, -0.2) is 4.39 Å². The van der Waals surface area contributed by atoms with Gasteiger partial charge in [-0.2, -0.15) is 4.98 Å². The average Bonchev–Trinajstić information content (AvgIpc) is 2.80. The van der Waals surface area contributed by atoms with E-state index < -0.39 is 0 Å². The maximum absolute atomic E-state index is 13.1. The van der Waals surface area contributed by atoms with E-state index in [1.54, 1.807) is 6.07 Å². The van der Waals surface area contributed by atoms with Crippen molar-refractivity contribution in [2.45, 2.75) is 19.4 Å². The minimum absolute atomic E-state index is 0.288. The van der Waals surface area contributed by atoms with Crippen LogP contribution in [0.4, 0.5) is 4.39 Å². The van der Waals surface area contributed by atoms with Crippen LogP contribution in [-0.2, 0) is 0 Å². The Morgan fingerprint density at radius 3 is 3.00 bits per heavy atom. The Labute approximate surface area is 106 Å². The molecule has 0 aliphatic rings. The van der Waals surface area contributed by atoms with Crippen molar-refractivity contribution in [1.82, 2.24) is 10.1 Å². The van der Waals surface area contributed by atoms with Crippen LogP contribution in [0.3, 0.4) is 0 Å². The zero-order chi connectivity index (χ0) is 12.4. The summed E-state index contributed by atoms with van der Waals surface area (Å²) in [4.78, 5) is 4.15. The van der Waals surface area contributed by atoms with Crippen LogP contribution in [0.15, 0.2) is 27.2 Å². The summed E-state index contributed by atoms with van der Waals surface area (Å²) >= 11 is 3.31. The molecule has 1 atom stereocenters. The molecular weight excluding hydrogens is 289 g/mol. The molecule has 1 aromatic heterocycles. The molecule has 0 spiro atoms. The number of nitrogens with zero attached hydrogens (tertiary/aromatic N) is 2. The summed E-state index contributed by atoms with van der Waals surface area (Å²) in [7, 11) is 0. The van der Waals surface area contributed by atoms with Gasteiger partial charge in [0.05, 0.1) is 6.04 Å². The van der Waals surface area contributed by atoms with Crippen LogP contribution in [0.1, 0.15) is 25.3 Å². The SMILES string of the molecule is CC[C@@H](N)c1nc(-c2cc(F)ccc2Br)no1. The number of hydrogen-bond donors (Lipinski definition) is 1. The van der Waals surface area contributed by atoms with Gasteiger partial charge in [-0.1, -0.05) is 28.0 Å². The van der Waals surface area contributed by atoms with Crippen LogP contribution in [-0.4, -0.2) is 10.1 Å². The highest BCUT2D eigenvalue weighted by molar-refractivity contribution is 9.10. The number of aromatic nitrogens is 2. The Bertz CT molecular complexity index is 529. The van der Waals surface area contributed by atoms with Crippen molar-refractivity contribution >= 4 is 15.9 Å². The van der Waals surface area contributed by atoms with Crippen molar-refractivity contribution in [2.24, 2.45) is 5.73 Å². The van der Waals surface area contributed by atoms with E-state index >= 15 is 0 Å². The molecule has 0 amide bonds. The first-order valence-corrected chi connectivity index (χ1v) is 5.95. The molecule has 0 aliphatic heterocycles. The third-order valence-corrected chi connectivity index (χ3v) is 3.06. The lowest BCUT2D eigenvalue weighted by Crippen LogP contribution is -2.08. The molecule has 0 fully saturated rings. The van der Waals surface area contributed by atoms with Crippen LogP contribution < -0.4 is 5.73 Å². The number of nitrogens with two attached hydrogens (primary N) is 1. The minimum Gasteiger partial charge on any atom is -0.337 e. The van der Waals surface area contributed by atoms with Crippen molar-refractivity contribution in [2.75, 3.05) is 0 Å². The molecular formula is C11H11BrFN3O. The number of rotatable bonds is 3. The van der Waals surface area contributed by atoms with Crippen molar-refractivity contribution in [3.05, 3.63) is 34.4 Å². The lowest BCUT2D eigenvalue weighted by molar-refractivity contribution is 0.352. The van der Waals surface area contributed by atoms with E-state index in [1.165, 1.54) is 12.1 Å². The summed E-state index contributed by atoms with van der Waals surface area (Å²) in [5, 5.41) is 3.79. The summed E-state index contributed by atoms with van der Waals surface area (Å²) < 4.78 is 18.9. The fraction of sp³-hybridized carbons (Fsp3) is 0.273. The molecule has 4 nitrogen and oxygen atoms in total. The largest absolute Gasteiger partial charge is 0.337 e. The van der Waals surface area contributed by atoms with Gasteiger partial charge in [-0.3, -0.25) is 0 Å². The average molecular weight is 300 g/mol. The molecule has 90 valence electrons. The molecule has 0 saturated carbocycles. The number of hydrogen-bond acceptors (Lipinski definition) is 4. The van der Waals surface area contributed by atoms with Crippen LogP contribution in [0.25, 0.3) is 11.4 Å². The molecule has 1 aromatic carbocycles. The van der Waals surface area contributed by atoms with Gasteiger partial charge in [0.2, 0.25) is 11.7 Å². The Balaban J connectivity index is 2.40. The van der Waals surface area contributed by atoms with Crippen molar-refractivity contribution in [1.29, 1.82) is 0 Å². The second kappa shape index (κ2) is 4.93. The lowest BCUT2D eigenvalue weighted by Gasteiger charge is -2.00. The second-order valence-electron chi connectivity index (χ2n) is 3.60. The summed E-state index contributed by atoms with van der Waals surface area (Å²) in [6.07, 6.45) is 0.700. The van der Waals surface area contributed by atoms with Crippen LogP contribution in [0.5, 0.6) is 0 Å². The van der Waals surface area contributed by atoms with Crippen molar-refractivity contribution in [3.63, 3.8) is 0 Å². The summed E-state index contributed by atoms with van der Waals surface area (Å²) in [5.41, 5.74) is 6.32. The van der Waals surface area contributed by atoms with E-state index in [0.29, 0.717) is 28.2 Å². The van der Waals surface area contributed by atoms with E-state index in [0.717, 1.165) is 0 Å². The molecule has 6 heteroatoms. The van der Waals surface area contributed by atoms with Gasteiger partial charge in [-0.15, -0.1) is 0 Å². The van der Waals surface area contributed by atoms with Gasteiger partial charge in [0.25, 0.3) is 0 Å². The van der Waals surface area contributed by atoms with E-state index in [-0.39, 0.29) is 11.9 Å². The smallest absolute Gasteiger partial charge is 0.243 e. The highest BCUT2D eigenvalue weighted by Gasteiger charge is 2.16. The zero-order valence-corrected chi connectivity index (χ0v) is 10.7. The molecule has 2 aromatic rings. The van der Waals surface area contributed by atoms with Crippen molar-refractivity contribution in [3.8, 4) is 11.4 Å². The molecule has 0 saturated heterocycles. The lowest BCUT2D eigenvalue weighted by atomic mass is 10.2. The highest BCUT2D eigenvalue weighted by Crippen LogP contribution is 2.27. The first-order chi connectivity index (χ1) is 8.11. The predicted octanol–water partition coefficient (Wildman–Crippen LogP) is 3.05. The molecule has 1 heterocycles. The molecule has 2 N–H and O–H groups in total. The van der Waals surface area contributed by atoms with E-state index in [1.807, 2.05) is 6.92 Å². The number of benzene rings is 1. The Morgan fingerprint density at radius 2 is 2.29 bits per heavy atom. The fourth-order valence-corrected chi connectivity index (χ4v) is 1.76. The predicted molar refractivity (Wildman–Crippen MR) is 64.6 cm³/mol. The van der Waals surface area contributed by atoms with Gasteiger partial charge in [-0.05, 0) is 24.6 Å². The van der Waals surface area contributed by atoms with E-state index in [2.05, 4.69) is 26.1 Å². The third kappa shape index (κ3) is 2.53. The van der Waals surface area contributed by atoms with Crippen molar-refractivity contribution < 1.29 is 8.91 Å². The maximum atomic E-state index is 13.1. The summed E-state index contributed by atoms with van der Waals surface area (Å²) in [5.74, 6) is 0.336. The molecule has 0 unspecified atom stereocenters. The molecule has 2 rings (SSSR count). The summed E-state index contributed by atoms with van der Waals surface area (Å²) in [6.45, 7) is 1.92. The van der Waals surface area contributed by atoms with Gasteiger partial charge in [0.1, 0.15) is 5.82 Å². The van der Waals surface area contributed by atoms with Gasteiger partial charge in [0, 0.05) is 10.0 Å². The first-order valence-electron chi connectivity index (χ1n) is 5.16. The van der Waals surface area contributed by atoms with Gasteiger partial charge < -0.3 is 10.3 Å². The number of halogens is 2. The molecule has 0 radical (unpaired) electrons.